The Morgan fingerprint density at radius 2 is 1.76 bits per heavy atom. The number of carbonyl (C=O) groups excluding carboxylic acids is 3. The number of hydrogen-bond acceptors (Lipinski definition) is 6. The molecule has 1 N–H and O–H groups in total. The number of aliphatic carboxylic acids is 1. The van der Waals surface area contributed by atoms with Gasteiger partial charge in [-0.2, -0.15) is 0 Å². The average Bonchev–Trinajstić information content (AvgIpc) is 3.24. The molecule has 0 bridgehead atoms. The van der Waals surface area contributed by atoms with Crippen molar-refractivity contribution in [3.05, 3.63) is 35.9 Å². The summed E-state index contributed by atoms with van der Waals surface area (Å²) in [6.45, 7) is 3.54. The predicted octanol–water partition coefficient (Wildman–Crippen LogP) is 0.783. The first-order valence-corrected chi connectivity index (χ1v) is 9.42. The van der Waals surface area contributed by atoms with Gasteiger partial charge >= 0.3 is 11.9 Å². The lowest BCUT2D eigenvalue weighted by Crippen LogP contribution is -2.54. The van der Waals surface area contributed by atoms with Crippen LogP contribution < -0.4 is 0 Å². The molecule has 3 rings (SSSR count). The second-order valence-electron chi connectivity index (χ2n) is 6.78. The van der Waals surface area contributed by atoms with E-state index in [1.165, 1.54) is 11.9 Å². The van der Waals surface area contributed by atoms with Crippen molar-refractivity contribution >= 4 is 23.8 Å². The molecule has 2 atom stereocenters. The Labute approximate surface area is 169 Å². The zero-order valence-electron chi connectivity index (χ0n) is 16.6. The first-order chi connectivity index (χ1) is 13.8. The van der Waals surface area contributed by atoms with Crippen LogP contribution in [0.15, 0.2) is 30.3 Å². The number of morpholine rings is 1. The van der Waals surface area contributed by atoms with Crippen LogP contribution in [0.3, 0.4) is 0 Å². The maximum atomic E-state index is 11.8. The quantitative estimate of drug-likeness (QED) is 0.735. The predicted molar refractivity (Wildman–Crippen MR) is 102 cm³/mol. The lowest BCUT2D eigenvalue weighted by molar-refractivity contribution is -0.184. The molecule has 2 saturated heterocycles. The van der Waals surface area contributed by atoms with Crippen molar-refractivity contribution in [3.8, 4) is 0 Å². The van der Waals surface area contributed by atoms with Crippen LogP contribution in [0.25, 0.3) is 0 Å². The Bertz CT molecular complexity index is 732. The molecule has 158 valence electrons. The molecule has 2 aliphatic heterocycles. The monoisotopic (exact) mass is 406 g/mol. The Kier molecular flexibility index (Phi) is 8.14. The number of carboxylic acids is 1. The van der Waals surface area contributed by atoms with Crippen molar-refractivity contribution < 1.29 is 33.8 Å². The Morgan fingerprint density at radius 3 is 2.31 bits per heavy atom. The van der Waals surface area contributed by atoms with Gasteiger partial charge in [0.05, 0.1) is 6.61 Å². The summed E-state index contributed by atoms with van der Waals surface area (Å²) in [6.07, 6.45) is -0.551. The molecule has 1 aromatic carbocycles. The van der Waals surface area contributed by atoms with E-state index in [9.17, 15) is 19.2 Å². The van der Waals surface area contributed by atoms with Gasteiger partial charge in [-0.05, 0) is 25.0 Å². The van der Waals surface area contributed by atoms with Gasteiger partial charge in [0.25, 0.3) is 11.8 Å². The number of amides is 2. The molecular formula is C20H26N2O7. The van der Waals surface area contributed by atoms with Crippen molar-refractivity contribution in [2.45, 2.75) is 32.0 Å². The van der Waals surface area contributed by atoms with Gasteiger partial charge < -0.3 is 24.4 Å². The SMILES string of the molecule is CC(=O)O[C@@H](C(=O)O)[C@H]1OCCN(C)C1=O.O=C(c1ccccc1)N1CCCC1. The molecule has 1 aromatic rings. The molecule has 29 heavy (non-hydrogen) atoms. The zero-order valence-corrected chi connectivity index (χ0v) is 16.6. The van der Waals surface area contributed by atoms with Crippen LogP contribution in [0.2, 0.25) is 0 Å². The lowest BCUT2D eigenvalue weighted by atomic mass is 10.1. The van der Waals surface area contributed by atoms with Crippen molar-refractivity contribution in [1.29, 1.82) is 0 Å². The third-order valence-corrected chi connectivity index (χ3v) is 4.57. The highest BCUT2D eigenvalue weighted by Crippen LogP contribution is 2.13. The number of carboxylic acid groups (broad SMARTS) is 1. The van der Waals surface area contributed by atoms with Gasteiger partial charge in [-0.25, -0.2) is 4.79 Å². The average molecular weight is 406 g/mol. The van der Waals surface area contributed by atoms with E-state index in [1.54, 1.807) is 0 Å². The molecule has 0 unspecified atom stereocenters. The van der Waals surface area contributed by atoms with Crippen LogP contribution in [0.4, 0.5) is 0 Å². The number of benzene rings is 1. The van der Waals surface area contributed by atoms with E-state index in [2.05, 4.69) is 4.74 Å². The summed E-state index contributed by atoms with van der Waals surface area (Å²) in [6, 6.07) is 9.49. The van der Waals surface area contributed by atoms with Gasteiger partial charge in [0, 0.05) is 39.2 Å². The second-order valence-corrected chi connectivity index (χ2v) is 6.78. The molecule has 0 saturated carbocycles. The number of rotatable bonds is 4. The lowest BCUT2D eigenvalue weighted by Gasteiger charge is -2.31. The molecule has 2 aliphatic rings. The van der Waals surface area contributed by atoms with Crippen LogP contribution in [0.1, 0.15) is 30.1 Å². The number of esters is 1. The fourth-order valence-corrected chi connectivity index (χ4v) is 3.04. The van der Waals surface area contributed by atoms with Crippen LogP contribution in [-0.2, 0) is 23.9 Å². The standard InChI is InChI=1S/C11H13NO.C9H13NO6/c13-11(12-8-4-5-9-12)10-6-2-1-3-7-10;1-5(11)16-7(9(13)14)6-8(12)10(2)3-4-15-6/h1-3,6-7H,4-5,8-9H2;6-7H,3-4H2,1-2H3,(H,13,14)/t;6-,7-/m.1/s1. The minimum Gasteiger partial charge on any atom is -0.478 e. The Balaban J connectivity index is 0.000000211. The summed E-state index contributed by atoms with van der Waals surface area (Å²) in [5.41, 5.74) is 0.810. The van der Waals surface area contributed by atoms with Gasteiger partial charge in [0.1, 0.15) is 0 Å². The van der Waals surface area contributed by atoms with E-state index in [4.69, 9.17) is 9.84 Å². The van der Waals surface area contributed by atoms with Crippen molar-refractivity contribution in [1.82, 2.24) is 9.80 Å². The fraction of sp³-hybridized carbons (Fsp3) is 0.500. The van der Waals surface area contributed by atoms with E-state index < -0.39 is 30.1 Å². The smallest absolute Gasteiger partial charge is 0.348 e. The number of nitrogens with zero attached hydrogens (tertiary/aromatic N) is 2. The summed E-state index contributed by atoms with van der Waals surface area (Å²) < 4.78 is 9.59. The van der Waals surface area contributed by atoms with E-state index in [0.29, 0.717) is 6.54 Å². The van der Waals surface area contributed by atoms with E-state index >= 15 is 0 Å². The number of likely N-dealkylation sites (N-methyl/N-ethyl adjacent to an activating group) is 1. The van der Waals surface area contributed by atoms with Crippen molar-refractivity contribution in [3.63, 3.8) is 0 Å². The number of ether oxygens (including phenoxy) is 2. The molecule has 9 heteroatoms. The topological polar surface area (TPSA) is 113 Å². The van der Waals surface area contributed by atoms with E-state index in [0.717, 1.165) is 38.4 Å². The molecule has 0 spiro atoms. The van der Waals surface area contributed by atoms with E-state index in [1.807, 2.05) is 35.2 Å². The molecule has 2 fully saturated rings. The first kappa shape index (κ1) is 22.4. The zero-order chi connectivity index (χ0) is 21.4. The van der Waals surface area contributed by atoms with Crippen LogP contribution in [0, 0.1) is 0 Å². The van der Waals surface area contributed by atoms with Gasteiger partial charge in [0.15, 0.2) is 6.10 Å². The molecule has 2 heterocycles. The van der Waals surface area contributed by atoms with Gasteiger partial charge in [0.2, 0.25) is 6.10 Å². The highest BCUT2D eigenvalue weighted by atomic mass is 16.6. The fourth-order valence-electron chi connectivity index (χ4n) is 3.04. The van der Waals surface area contributed by atoms with Gasteiger partial charge in [-0.3, -0.25) is 14.4 Å². The van der Waals surface area contributed by atoms with Crippen LogP contribution >= 0.6 is 0 Å². The van der Waals surface area contributed by atoms with Crippen molar-refractivity contribution in [2.75, 3.05) is 33.3 Å². The minimum atomic E-state index is -1.59. The normalized spacial score (nSPS) is 19.8. The maximum Gasteiger partial charge on any atom is 0.348 e. The highest BCUT2D eigenvalue weighted by molar-refractivity contribution is 5.94. The number of hydrogen-bond donors (Lipinski definition) is 1. The van der Waals surface area contributed by atoms with Crippen molar-refractivity contribution in [2.24, 2.45) is 0 Å². The second kappa shape index (κ2) is 10.6. The third-order valence-electron chi connectivity index (χ3n) is 4.57. The Hall–Kier alpha value is -2.94. The summed E-state index contributed by atoms with van der Waals surface area (Å²) >= 11 is 0. The first-order valence-electron chi connectivity index (χ1n) is 9.42. The third kappa shape index (κ3) is 6.28. The van der Waals surface area contributed by atoms with Crippen LogP contribution in [0.5, 0.6) is 0 Å². The largest absolute Gasteiger partial charge is 0.478 e. The summed E-state index contributed by atoms with van der Waals surface area (Å²) in [4.78, 5) is 48.2. The van der Waals surface area contributed by atoms with Gasteiger partial charge in [-0.1, -0.05) is 18.2 Å². The number of likely N-dealkylation sites (tertiary alicyclic amines) is 1. The van der Waals surface area contributed by atoms with Gasteiger partial charge in [-0.15, -0.1) is 0 Å². The molecule has 2 amide bonds. The minimum absolute atomic E-state index is 0.179. The summed E-state index contributed by atoms with van der Waals surface area (Å²) in [7, 11) is 1.53. The molecule has 0 aliphatic carbocycles. The maximum absolute atomic E-state index is 11.8. The molecular weight excluding hydrogens is 380 g/mol. The number of carbonyl (C=O) groups is 4. The summed E-state index contributed by atoms with van der Waals surface area (Å²) in [5, 5.41) is 8.85. The molecule has 0 radical (unpaired) electrons. The summed E-state index contributed by atoms with van der Waals surface area (Å²) in [5.74, 6) is -2.49. The van der Waals surface area contributed by atoms with E-state index in [-0.39, 0.29) is 12.5 Å². The van der Waals surface area contributed by atoms with Crippen LogP contribution in [-0.4, -0.2) is 84.2 Å². The Morgan fingerprint density at radius 1 is 1.14 bits per heavy atom. The molecule has 9 nitrogen and oxygen atoms in total. The highest BCUT2D eigenvalue weighted by Gasteiger charge is 2.41. The molecule has 0 aromatic heterocycles.